The highest BCUT2D eigenvalue weighted by molar-refractivity contribution is 7.09. The van der Waals surface area contributed by atoms with Gasteiger partial charge in [0.05, 0.1) is 11.2 Å². The summed E-state index contributed by atoms with van der Waals surface area (Å²) in [6, 6.07) is 13.5. The molecule has 0 radical (unpaired) electrons. The molecule has 3 amide bonds. The molecule has 2 aliphatic rings. The molecule has 0 bridgehead atoms. The summed E-state index contributed by atoms with van der Waals surface area (Å²) in [7, 11) is 0. The van der Waals surface area contributed by atoms with E-state index in [0.29, 0.717) is 56.8 Å². The van der Waals surface area contributed by atoms with Crippen molar-refractivity contribution in [3.8, 4) is 28.5 Å². The number of hydrogen-bond donors (Lipinski definition) is 3. The van der Waals surface area contributed by atoms with E-state index in [1.54, 1.807) is 30.5 Å². The van der Waals surface area contributed by atoms with Gasteiger partial charge in [-0.25, -0.2) is 14.4 Å². The molecule has 1 aliphatic carbocycles. The van der Waals surface area contributed by atoms with E-state index < -0.39 is 11.7 Å². The number of piperazine rings is 1. The van der Waals surface area contributed by atoms with Gasteiger partial charge in [0.2, 0.25) is 11.8 Å². The molecule has 0 atom stereocenters. The highest BCUT2D eigenvalue weighted by Gasteiger charge is 2.27. The molecule has 4 aromatic rings. The number of phenols is 1. The van der Waals surface area contributed by atoms with Crippen LogP contribution >= 0.6 is 11.3 Å². The quantitative estimate of drug-likeness (QED) is 0.216. The van der Waals surface area contributed by atoms with Crippen LogP contribution in [-0.4, -0.2) is 80.9 Å². The lowest BCUT2D eigenvalue weighted by atomic mass is 9.91. The topological polar surface area (TPSA) is 137 Å². The fourth-order valence-electron chi connectivity index (χ4n) is 6.34. The van der Waals surface area contributed by atoms with Crippen LogP contribution in [-0.2, 0) is 11.3 Å². The van der Waals surface area contributed by atoms with Crippen molar-refractivity contribution < 1.29 is 28.6 Å². The molecule has 0 unspecified atom stereocenters. The first-order valence-corrected chi connectivity index (χ1v) is 17.3. The maximum absolute atomic E-state index is 14.4. The zero-order chi connectivity index (χ0) is 34.5. The zero-order valence-corrected chi connectivity index (χ0v) is 28.3. The van der Waals surface area contributed by atoms with Crippen molar-refractivity contribution in [1.29, 1.82) is 0 Å². The molecule has 1 aliphatic heterocycles. The third kappa shape index (κ3) is 8.59. The fourth-order valence-corrected chi connectivity index (χ4v) is 6.93. The molecule has 1 saturated heterocycles. The number of carbonyl (C=O) groups is 3. The van der Waals surface area contributed by atoms with Crippen molar-refractivity contribution in [3.63, 3.8) is 0 Å². The predicted molar refractivity (Wildman–Crippen MR) is 183 cm³/mol. The number of ether oxygens (including phenoxy) is 1. The van der Waals surface area contributed by atoms with Gasteiger partial charge < -0.3 is 25.4 Å². The van der Waals surface area contributed by atoms with Crippen LogP contribution in [0, 0.1) is 12.7 Å². The zero-order valence-electron chi connectivity index (χ0n) is 27.4. The number of halogens is 1. The highest BCUT2D eigenvalue weighted by Crippen LogP contribution is 2.33. The number of hydrogen-bond acceptors (Lipinski definition) is 9. The van der Waals surface area contributed by atoms with Crippen molar-refractivity contribution in [1.82, 2.24) is 30.4 Å². The SMILES string of the molecule is CC(=O)N1CCN(Cc2cc(O)ccc2-c2cccc(Oc3ncc(F)cc3C(=O)N[C@H]3CC[C@@H](NC(=O)c4csc(C)n4)CC3)c2)CC1. The van der Waals surface area contributed by atoms with Crippen LogP contribution in [0.1, 0.15) is 64.0 Å². The number of nitrogens with zero attached hydrogens (tertiary/aromatic N) is 4. The van der Waals surface area contributed by atoms with Crippen molar-refractivity contribution in [2.75, 3.05) is 26.2 Å². The molecule has 1 saturated carbocycles. The van der Waals surface area contributed by atoms with Gasteiger partial charge in [-0.15, -0.1) is 11.3 Å². The summed E-state index contributed by atoms with van der Waals surface area (Å²) < 4.78 is 20.5. The molecule has 3 heterocycles. The van der Waals surface area contributed by atoms with Crippen molar-refractivity contribution in [2.45, 2.75) is 58.2 Å². The maximum atomic E-state index is 14.4. The largest absolute Gasteiger partial charge is 0.508 e. The van der Waals surface area contributed by atoms with E-state index >= 15 is 0 Å². The lowest BCUT2D eigenvalue weighted by Gasteiger charge is -2.34. The molecule has 2 aromatic carbocycles. The van der Waals surface area contributed by atoms with Crippen LogP contribution < -0.4 is 15.4 Å². The summed E-state index contributed by atoms with van der Waals surface area (Å²) in [6.45, 7) is 6.78. The third-order valence-corrected chi connectivity index (χ3v) is 9.75. The fraction of sp³-hybridized carbons (Fsp3) is 0.361. The molecule has 11 nitrogen and oxygen atoms in total. The molecular formula is C36H39FN6O5S. The summed E-state index contributed by atoms with van der Waals surface area (Å²) in [5, 5.41) is 18.9. The minimum absolute atomic E-state index is 0.0179. The Balaban J connectivity index is 1.11. The van der Waals surface area contributed by atoms with Crippen molar-refractivity contribution >= 4 is 29.1 Å². The number of aromatic nitrogens is 2. The van der Waals surface area contributed by atoms with E-state index in [4.69, 9.17) is 4.74 Å². The summed E-state index contributed by atoms with van der Waals surface area (Å²) >= 11 is 1.43. The normalized spacial score (nSPS) is 18.1. The van der Waals surface area contributed by atoms with Gasteiger partial charge in [-0.1, -0.05) is 18.2 Å². The molecule has 6 rings (SSSR count). The molecule has 49 heavy (non-hydrogen) atoms. The van der Waals surface area contributed by atoms with Crippen LogP contribution in [0.25, 0.3) is 11.1 Å². The van der Waals surface area contributed by atoms with E-state index in [1.807, 2.05) is 36.1 Å². The Bertz CT molecular complexity index is 1830. The molecule has 0 spiro atoms. The van der Waals surface area contributed by atoms with E-state index in [0.717, 1.165) is 47.1 Å². The molecule has 2 aromatic heterocycles. The van der Waals surface area contributed by atoms with Gasteiger partial charge >= 0.3 is 0 Å². The monoisotopic (exact) mass is 686 g/mol. The summed E-state index contributed by atoms with van der Waals surface area (Å²) in [5.74, 6) is -0.736. The smallest absolute Gasteiger partial charge is 0.270 e. The van der Waals surface area contributed by atoms with Gasteiger partial charge in [-0.3, -0.25) is 19.3 Å². The molecule has 3 N–H and O–H groups in total. The molecule has 13 heteroatoms. The van der Waals surface area contributed by atoms with Gasteiger partial charge in [0.1, 0.15) is 28.6 Å². The van der Waals surface area contributed by atoms with Crippen LogP contribution in [0.4, 0.5) is 4.39 Å². The van der Waals surface area contributed by atoms with Gasteiger partial charge in [-0.2, -0.15) is 0 Å². The van der Waals surface area contributed by atoms with Gasteiger partial charge in [0.15, 0.2) is 0 Å². The van der Waals surface area contributed by atoms with Gasteiger partial charge in [-0.05, 0) is 79.6 Å². The number of amides is 3. The molecule has 256 valence electrons. The minimum Gasteiger partial charge on any atom is -0.508 e. The van der Waals surface area contributed by atoms with Crippen LogP contribution in [0.3, 0.4) is 0 Å². The second-order valence-electron chi connectivity index (χ2n) is 12.5. The van der Waals surface area contributed by atoms with E-state index in [9.17, 15) is 23.9 Å². The summed E-state index contributed by atoms with van der Waals surface area (Å²) in [5.41, 5.74) is 3.04. The predicted octanol–water partition coefficient (Wildman–Crippen LogP) is 5.29. The Morgan fingerprint density at radius 2 is 1.69 bits per heavy atom. The van der Waals surface area contributed by atoms with Crippen molar-refractivity contribution in [2.24, 2.45) is 0 Å². The summed E-state index contributed by atoms with van der Waals surface area (Å²) in [4.78, 5) is 50.1. The number of rotatable bonds is 9. The van der Waals surface area contributed by atoms with E-state index in [-0.39, 0.29) is 41.1 Å². The lowest BCUT2D eigenvalue weighted by Crippen LogP contribution is -2.47. The first-order chi connectivity index (χ1) is 23.6. The van der Waals surface area contributed by atoms with Gasteiger partial charge in [0, 0.05) is 57.1 Å². The summed E-state index contributed by atoms with van der Waals surface area (Å²) in [6.07, 6.45) is 3.68. The Morgan fingerprint density at radius 3 is 2.37 bits per heavy atom. The van der Waals surface area contributed by atoms with Gasteiger partial charge in [0.25, 0.3) is 11.8 Å². The first-order valence-electron chi connectivity index (χ1n) is 16.4. The average molecular weight is 687 g/mol. The maximum Gasteiger partial charge on any atom is 0.270 e. The van der Waals surface area contributed by atoms with Crippen LogP contribution in [0.2, 0.25) is 0 Å². The Kier molecular flexibility index (Phi) is 10.5. The Hall–Kier alpha value is -4.88. The average Bonchev–Trinajstić information content (AvgIpc) is 3.53. The Morgan fingerprint density at radius 1 is 0.980 bits per heavy atom. The van der Waals surface area contributed by atoms with Crippen LogP contribution in [0.15, 0.2) is 60.1 Å². The number of benzene rings is 2. The highest BCUT2D eigenvalue weighted by atomic mass is 32.1. The number of aryl methyl sites for hydroxylation is 1. The Labute approximate surface area is 288 Å². The number of phenolic OH excluding ortho intramolecular Hbond substituents is 1. The molecular weight excluding hydrogens is 647 g/mol. The number of pyridine rings is 1. The minimum atomic E-state index is -0.659. The first kappa shape index (κ1) is 34.0. The number of carbonyl (C=O) groups excluding carboxylic acids is 3. The standard InChI is InChI=1S/C36H39FN6O5S/c1-22-39-33(21-49-22)35(47)41-28-8-6-27(7-9-28)40-34(46)32-18-26(37)19-38-36(32)48-30-5-3-4-24(17-30)31-11-10-29(45)16-25(31)20-42-12-14-43(15-13-42)23(2)44/h3-5,10-11,16-19,21,27-28,45H,6-9,12-15,20H2,1-2H3,(H,40,46)(H,41,47)/t27-,28+. The number of aromatic hydroxyl groups is 1. The number of thiazole rings is 1. The second kappa shape index (κ2) is 15.1. The molecule has 2 fully saturated rings. The second-order valence-corrected chi connectivity index (χ2v) is 13.6. The van der Waals surface area contributed by atoms with Crippen LogP contribution in [0.5, 0.6) is 17.4 Å². The lowest BCUT2D eigenvalue weighted by molar-refractivity contribution is -0.130. The number of nitrogens with one attached hydrogen (secondary N) is 2. The third-order valence-electron chi connectivity index (χ3n) is 8.97. The van der Waals surface area contributed by atoms with E-state index in [2.05, 4.69) is 25.5 Å². The van der Waals surface area contributed by atoms with E-state index in [1.165, 1.54) is 11.3 Å². The van der Waals surface area contributed by atoms with Crippen molar-refractivity contribution in [3.05, 3.63) is 87.8 Å².